The minimum atomic E-state index is -1.09. The highest BCUT2D eigenvalue weighted by Crippen LogP contribution is 2.11. The Morgan fingerprint density at radius 1 is 1.45 bits per heavy atom. The first kappa shape index (κ1) is 16.5. The van der Waals surface area contributed by atoms with Crippen LogP contribution < -0.4 is 5.32 Å². The largest absolute Gasteiger partial charge is 0.388 e. The highest BCUT2D eigenvalue weighted by Gasteiger charge is 2.21. The van der Waals surface area contributed by atoms with Crippen molar-refractivity contribution in [1.82, 2.24) is 5.32 Å². The van der Waals surface area contributed by atoms with E-state index in [1.54, 1.807) is 6.92 Å². The molecule has 0 heterocycles. The summed E-state index contributed by atoms with van der Waals surface area (Å²) in [5.41, 5.74) is -0.979. The van der Waals surface area contributed by atoms with Crippen LogP contribution in [-0.2, 0) is 16.0 Å². The number of carbonyl (C=O) groups excluding carboxylic acids is 1. The average molecular weight is 287 g/mol. The third-order valence-corrected chi connectivity index (χ3v) is 2.88. The van der Waals surface area contributed by atoms with Crippen LogP contribution in [0.25, 0.3) is 0 Å². The minimum Gasteiger partial charge on any atom is -0.388 e. The molecular weight excluding hydrogens is 268 g/mol. The van der Waals surface area contributed by atoms with Gasteiger partial charge in [0.2, 0.25) is 5.91 Å². The fourth-order valence-electron chi connectivity index (χ4n) is 1.60. The van der Waals surface area contributed by atoms with Gasteiger partial charge in [0.25, 0.3) is 0 Å². The smallest absolute Gasteiger partial charge is 0.224 e. The lowest BCUT2D eigenvalue weighted by atomic mass is 10.0. The van der Waals surface area contributed by atoms with Crippen molar-refractivity contribution < 1.29 is 23.4 Å². The molecule has 1 amide bonds. The van der Waals surface area contributed by atoms with E-state index in [1.165, 1.54) is 13.2 Å². The Hall–Kier alpha value is -1.53. The first-order valence-electron chi connectivity index (χ1n) is 6.26. The van der Waals surface area contributed by atoms with E-state index in [4.69, 9.17) is 4.74 Å². The molecule has 0 saturated carbocycles. The van der Waals surface area contributed by atoms with E-state index in [2.05, 4.69) is 5.32 Å². The highest BCUT2D eigenvalue weighted by atomic mass is 19.1. The lowest BCUT2D eigenvalue weighted by molar-refractivity contribution is -0.121. The molecule has 0 aliphatic carbocycles. The van der Waals surface area contributed by atoms with E-state index in [1.807, 2.05) is 0 Å². The number of nitrogens with one attached hydrogen (secondary N) is 1. The van der Waals surface area contributed by atoms with Crippen LogP contribution in [0.15, 0.2) is 18.2 Å². The quantitative estimate of drug-likeness (QED) is 0.797. The fourth-order valence-corrected chi connectivity index (χ4v) is 1.60. The molecule has 0 spiro atoms. The van der Waals surface area contributed by atoms with E-state index in [0.717, 1.165) is 12.1 Å². The number of halogens is 2. The van der Waals surface area contributed by atoms with Gasteiger partial charge in [-0.1, -0.05) is 6.07 Å². The first-order chi connectivity index (χ1) is 9.34. The summed E-state index contributed by atoms with van der Waals surface area (Å²) in [6.07, 6.45) is 0.168. The molecule has 2 N–H and O–H groups in total. The molecule has 0 bridgehead atoms. The molecule has 0 aromatic heterocycles. The third-order valence-electron chi connectivity index (χ3n) is 2.88. The summed E-state index contributed by atoms with van der Waals surface area (Å²) in [5, 5.41) is 12.5. The van der Waals surface area contributed by atoms with Gasteiger partial charge in [0.15, 0.2) is 0 Å². The number of carbonyl (C=O) groups is 1. The topological polar surface area (TPSA) is 58.6 Å². The molecule has 0 fully saturated rings. The number of hydrogen-bond acceptors (Lipinski definition) is 3. The molecule has 6 heteroatoms. The van der Waals surface area contributed by atoms with Crippen LogP contribution in [0.5, 0.6) is 0 Å². The summed E-state index contributed by atoms with van der Waals surface area (Å²) in [4.78, 5) is 11.7. The van der Waals surface area contributed by atoms with Gasteiger partial charge in [-0.2, -0.15) is 0 Å². The second-order valence-corrected chi connectivity index (χ2v) is 4.93. The SMILES string of the molecule is COCCC(C)(O)CNC(=O)Cc1ccc(F)cc1F. The predicted molar refractivity (Wildman–Crippen MR) is 70.2 cm³/mol. The Morgan fingerprint density at radius 2 is 2.15 bits per heavy atom. The van der Waals surface area contributed by atoms with Crippen LogP contribution in [0.2, 0.25) is 0 Å². The monoisotopic (exact) mass is 287 g/mol. The summed E-state index contributed by atoms with van der Waals surface area (Å²) < 4.78 is 30.9. The van der Waals surface area contributed by atoms with Crippen LogP contribution in [0, 0.1) is 11.6 Å². The Kier molecular flexibility index (Phi) is 6.04. The van der Waals surface area contributed by atoms with Crippen molar-refractivity contribution in [3.8, 4) is 0 Å². The third kappa shape index (κ3) is 5.63. The van der Waals surface area contributed by atoms with Gasteiger partial charge in [0.05, 0.1) is 12.0 Å². The standard InChI is InChI=1S/C14H19F2NO3/c1-14(19,5-6-20-2)9-17-13(18)7-10-3-4-11(15)8-12(10)16/h3-4,8,19H,5-7,9H2,1-2H3,(H,17,18). The van der Waals surface area contributed by atoms with Crippen molar-refractivity contribution >= 4 is 5.91 Å². The van der Waals surface area contributed by atoms with E-state index >= 15 is 0 Å². The molecule has 0 aliphatic heterocycles. The van der Waals surface area contributed by atoms with E-state index in [0.29, 0.717) is 13.0 Å². The number of rotatable bonds is 7. The normalized spacial score (nSPS) is 13.8. The number of ether oxygens (including phenoxy) is 1. The Morgan fingerprint density at radius 3 is 2.75 bits per heavy atom. The molecule has 0 aliphatic rings. The van der Waals surface area contributed by atoms with Crippen molar-refractivity contribution in [2.45, 2.75) is 25.4 Å². The van der Waals surface area contributed by atoms with E-state index in [9.17, 15) is 18.7 Å². The van der Waals surface area contributed by atoms with Crippen molar-refractivity contribution in [2.24, 2.45) is 0 Å². The van der Waals surface area contributed by atoms with Crippen molar-refractivity contribution in [3.63, 3.8) is 0 Å². The maximum atomic E-state index is 13.4. The number of methoxy groups -OCH3 is 1. The second-order valence-electron chi connectivity index (χ2n) is 4.93. The molecule has 1 rings (SSSR count). The summed E-state index contributed by atoms with van der Waals surface area (Å²) in [6, 6.07) is 3.06. The maximum absolute atomic E-state index is 13.4. The van der Waals surface area contributed by atoms with Gasteiger partial charge in [-0.25, -0.2) is 8.78 Å². The van der Waals surface area contributed by atoms with Crippen LogP contribution in [0.3, 0.4) is 0 Å². The summed E-state index contributed by atoms with van der Waals surface area (Å²) in [6.45, 7) is 1.98. The van der Waals surface area contributed by atoms with Gasteiger partial charge >= 0.3 is 0 Å². The zero-order valence-electron chi connectivity index (χ0n) is 11.6. The van der Waals surface area contributed by atoms with Crippen LogP contribution in [0.1, 0.15) is 18.9 Å². The highest BCUT2D eigenvalue weighted by molar-refractivity contribution is 5.78. The molecule has 1 unspecified atom stereocenters. The first-order valence-corrected chi connectivity index (χ1v) is 6.26. The number of amides is 1. The van der Waals surface area contributed by atoms with Gasteiger partial charge < -0.3 is 15.2 Å². The molecule has 1 aromatic rings. The van der Waals surface area contributed by atoms with Crippen molar-refractivity contribution in [3.05, 3.63) is 35.4 Å². The maximum Gasteiger partial charge on any atom is 0.224 e. The lowest BCUT2D eigenvalue weighted by Gasteiger charge is -2.23. The van der Waals surface area contributed by atoms with E-state index < -0.39 is 23.1 Å². The summed E-state index contributed by atoms with van der Waals surface area (Å²) in [7, 11) is 1.52. The predicted octanol–water partition coefficient (Wildman–Crippen LogP) is 1.41. The minimum absolute atomic E-state index is 0.0397. The lowest BCUT2D eigenvalue weighted by Crippen LogP contribution is -2.41. The Bertz CT molecular complexity index is 464. The number of aliphatic hydroxyl groups is 1. The number of hydrogen-bond donors (Lipinski definition) is 2. The second kappa shape index (κ2) is 7.31. The Labute approximate surface area is 116 Å². The van der Waals surface area contributed by atoms with Gasteiger partial charge in [-0.15, -0.1) is 0 Å². The Balaban J connectivity index is 2.47. The average Bonchev–Trinajstić information content (AvgIpc) is 2.38. The molecule has 0 radical (unpaired) electrons. The molecule has 0 saturated heterocycles. The molecule has 1 aromatic carbocycles. The summed E-state index contributed by atoms with van der Waals surface area (Å²) in [5.74, 6) is -1.88. The zero-order chi connectivity index (χ0) is 15.2. The van der Waals surface area contributed by atoms with Crippen LogP contribution in [-0.4, -0.2) is 36.9 Å². The molecule has 4 nitrogen and oxygen atoms in total. The molecular formula is C14H19F2NO3. The zero-order valence-corrected chi connectivity index (χ0v) is 11.6. The van der Waals surface area contributed by atoms with Crippen LogP contribution >= 0.6 is 0 Å². The molecule has 112 valence electrons. The molecule has 20 heavy (non-hydrogen) atoms. The van der Waals surface area contributed by atoms with E-state index in [-0.39, 0.29) is 18.5 Å². The summed E-state index contributed by atoms with van der Waals surface area (Å²) >= 11 is 0. The van der Waals surface area contributed by atoms with Gasteiger partial charge in [0, 0.05) is 32.7 Å². The van der Waals surface area contributed by atoms with Crippen molar-refractivity contribution in [1.29, 1.82) is 0 Å². The molecule has 1 atom stereocenters. The van der Waals surface area contributed by atoms with Crippen LogP contribution in [0.4, 0.5) is 8.78 Å². The number of benzene rings is 1. The van der Waals surface area contributed by atoms with Gasteiger partial charge in [0.1, 0.15) is 11.6 Å². The van der Waals surface area contributed by atoms with Crippen molar-refractivity contribution in [2.75, 3.05) is 20.3 Å². The van der Waals surface area contributed by atoms with Gasteiger partial charge in [-0.05, 0) is 18.6 Å². The van der Waals surface area contributed by atoms with Gasteiger partial charge in [-0.3, -0.25) is 4.79 Å². The fraction of sp³-hybridized carbons (Fsp3) is 0.500.